The summed E-state index contributed by atoms with van der Waals surface area (Å²) in [5.41, 5.74) is 2.81. The van der Waals surface area contributed by atoms with Crippen LogP contribution < -0.4 is 15.4 Å². The van der Waals surface area contributed by atoms with Crippen LogP contribution in [0.1, 0.15) is 37.4 Å². The molecule has 2 aromatic rings. The van der Waals surface area contributed by atoms with Crippen molar-refractivity contribution in [3.63, 3.8) is 0 Å². The smallest absolute Gasteiger partial charge is 0.338 e. The molecular weight excluding hydrogens is 356 g/mol. The largest absolute Gasteiger partial charge is 0.489 e. The van der Waals surface area contributed by atoms with Crippen molar-refractivity contribution < 1.29 is 19.1 Å². The molecule has 0 fully saturated rings. The predicted octanol–water partition coefficient (Wildman–Crippen LogP) is 3.85. The number of amides is 2. The monoisotopic (exact) mass is 380 g/mol. The van der Waals surface area contributed by atoms with E-state index in [-0.39, 0.29) is 12.6 Å². The Hall–Kier alpha value is -3.28. The van der Waals surface area contributed by atoms with Crippen LogP contribution in [0.5, 0.6) is 5.75 Å². The standard InChI is InChI=1S/C22H24N2O4/c1-3-18-19(21(25)27-4-2)20(24-22(26)23-18)16-11-8-12-17(13-16)28-14-15-9-6-5-7-10-15/h5-13,20H,3-4,14H2,1-2H3,(H2,23,24,26). The zero-order valence-electron chi connectivity index (χ0n) is 16.0. The van der Waals surface area contributed by atoms with Gasteiger partial charge in [0, 0.05) is 5.70 Å². The molecule has 0 bridgehead atoms. The summed E-state index contributed by atoms with van der Waals surface area (Å²) >= 11 is 0. The average Bonchev–Trinajstić information content (AvgIpc) is 2.72. The molecule has 6 heteroatoms. The molecule has 2 aromatic carbocycles. The lowest BCUT2D eigenvalue weighted by atomic mass is 9.94. The predicted molar refractivity (Wildman–Crippen MR) is 106 cm³/mol. The Bertz CT molecular complexity index is 877. The van der Waals surface area contributed by atoms with Gasteiger partial charge in [0.2, 0.25) is 0 Å². The molecule has 0 spiro atoms. The van der Waals surface area contributed by atoms with Gasteiger partial charge in [-0.05, 0) is 36.6 Å². The summed E-state index contributed by atoms with van der Waals surface area (Å²) in [6.45, 7) is 4.34. The fourth-order valence-corrected chi connectivity index (χ4v) is 3.12. The molecule has 1 aliphatic rings. The molecule has 0 aromatic heterocycles. The highest BCUT2D eigenvalue weighted by Crippen LogP contribution is 2.30. The number of hydrogen-bond acceptors (Lipinski definition) is 4. The van der Waals surface area contributed by atoms with E-state index in [1.54, 1.807) is 6.92 Å². The van der Waals surface area contributed by atoms with Crippen LogP contribution in [-0.2, 0) is 16.1 Å². The molecule has 0 aliphatic carbocycles. The Morgan fingerprint density at radius 1 is 1.07 bits per heavy atom. The van der Waals surface area contributed by atoms with Crippen LogP contribution in [0, 0.1) is 0 Å². The number of nitrogens with one attached hydrogen (secondary N) is 2. The van der Waals surface area contributed by atoms with Crippen LogP contribution in [0.25, 0.3) is 0 Å². The van der Waals surface area contributed by atoms with E-state index in [2.05, 4.69) is 10.6 Å². The molecule has 0 radical (unpaired) electrons. The number of rotatable bonds is 7. The van der Waals surface area contributed by atoms with Gasteiger partial charge in [0.25, 0.3) is 0 Å². The maximum Gasteiger partial charge on any atom is 0.338 e. The van der Waals surface area contributed by atoms with Gasteiger partial charge in [-0.3, -0.25) is 0 Å². The third kappa shape index (κ3) is 4.52. The summed E-state index contributed by atoms with van der Waals surface area (Å²) in [5, 5.41) is 5.54. The third-order valence-corrected chi connectivity index (χ3v) is 4.44. The second-order valence-corrected chi connectivity index (χ2v) is 6.34. The van der Waals surface area contributed by atoms with Crippen molar-refractivity contribution in [1.82, 2.24) is 10.6 Å². The molecule has 1 atom stereocenters. The molecule has 2 amide bonds. The van der Waals surface area contributed by atoms with E-state index in [4.69, 9.17) is 9.47 Å². The summed E-state index contributed by atoms with van der Waals surface area (Å²) < 4.78 is 11.1. The van der Waals surface area contributed by atoms with Crippen molar-refractivity contribution in [1.29, 1.82) is 0 Å². The van der Waals surface area contributed by atoms with Crippen molar-refractivity contribution in [3.05, 3.63) is 77.0 Å². The van der Waals surface area contributed by atoms with E-state index in [0.717, 1.165) is 11.1 Å². The molecule has 146 valence electrons. The molecule has 28 heavy (non-hydrogen) atoms. The Balaban J connectivity index is 1.87. The first kappa shape index (κ1) is 19.5. The molecule has 1 unspecified atom stereocenters. The van der Waals surface area contributed by atoms with Crippen LogP contribution in [0.3, 0.4) is 0 Å². The second kappa shape index (κ2) is 9.08. The van der Waals surface area contributed by atoms with E-state index in [0.29, 0.717) is 30.0 Å². The van der Waals surface area contributed by atoms with Gasteiger partial charge in [-0.25, -0.2) is 9.59 Å². The molecular formula is C22H24N2O4. The van der Waals surface area contributed by atoms with Crippen LogP contribution in [0.4, 0.5) is 4.79 Å². The van der Waals surface area contributed by atoms with Crippen molar-refractivity contribution in [2.75, 3.05) is 6.61 Å². The minimum absolute atomic E-state index is 0.264. The van der Waals surface area contributed by atoms with E-state index >= 15 is 0 Å². The zero-order valence-corrected chi connectivity index (χ0v) is 16.0. The molecule has 1 aliphatic heterocycles. The first-order chi connectivity index (χ1) is 13.6. The SMILES string of the molecule is CCOC(=O)C1=C(CC)NC(=O)NC1c1cccc(OCc2ccccc2)c1. The number of hydrogen-bond donors (Lipinski definition) is 2. The number of ether oxygens (including phenoxy) is 2. The number of benzene rings is 2. The number of esters is 1. The van der Waals surface area contributed by atoms with Gasteiger partial charge in [-0.15, -0.1) is 0 Å². The quantitative estimate of drug-likeness (QED) is 0.716. The molecule has 6 nitrogen and oxygen atoms in total. The van der Waals surface area contributed by atoms with Gasteiger partial charge in [0.05, 0.1) is 18.2 Å². The molecule has 2 N–H and O–H groups in total. The summed E-state index contributed by atoms with van der Waals surface area (Å²) in [6, 6.07) is 16.3. The van der Waals surface area contributed by atoms with E-state index in [9.17, 15) is 9.59 Å². The van der Waals surface area contributed by atoms with Gasteiger partial charge in [0.1, 0.15) is 12.4 Å². The van der Waals surface area contributed by atoms with Crippen molar-refractivity contribution in [3.8, 4) is 5.75 Å². The first-order valence-corrected chi connectivity index (χ1v) is 9.36. The van der Waals surface area contributed by atoms with Gasteiger partial charge in [0.15, 0.2) is 0 Å². The summed E-state index contributed by atoms with van der Waals surface area (Å²) in [4.78, 5) is 24.6. The van der Waals surface area contributed by atoms with Gasteiger partial charge >= 0.3 is 12.0 Å². The number of carbonyl (C=O) groups excluding carboxylic acids is 2. The third-order valence-electron chi connectivity index (χ3n) is 4.44. The van der Waals surface area contributed by atoms with E-state index in [1.165, 1.54) is 0 Å². The van der Waals surface area contributed by atoms with Crippen LogP contribution in [-0.4, -0.2) is 18.6 Å². The average molecular weight is 380 g/mol. The normalized spacial score (nSPS) is 16.2. The van der Waals surface area contributed by atoms with E-state index < -0.39 is 12.0 Å². The lowest BCUT2D eigenvalue weighted by Crippen LogP contribution is -2.45. The fourth-order valence-electron chi connectivity index (χ4n) is 3.12. The van der Waals surface area contributed by atoms with Crippen molar-refractivity contribution in [2.24, 2.45) is 0 Å². The molecule has 0 saturated heterocycles. The number of urea groups is 1. The fraction of sp³-hybridized carbons (Fsp3) is 0.273. The van der Waals surface area contributed by atoms with Crippen LogP contribution in [0.2, 0.25) is 0 Å². The first-order valence-electron chi connectivity index (χ1n) is 9.36. The van der Waals surface area contributed by atoms with E-state index in [1.807, 2.05) is 61.5 Å². The van der Waals surface area contributed by atoms with Crippen molar-refractivity contribution in [2.45, 2.75) is 32.9 Å². The van der Waals surface area contributed by atoms with Gasteiger partial charge < -0.3 is 20.1 Å². The highest BCUT2D eigenvalue weighted by atomic mass is 16.5. The van der Waals surface area contributed by atoms with Crippen molar-refractivity contribution >= 4 is 12.0 Å². The summed E-state index contributed by atoms with van der Waals surface area (Å²) in [6.07, 6.45) is 0.516. The lowest BCUT2D eigenvalue weighted by Gasteiger charge is -2.29. The Morgan fingerprint density at radius 3 is 2.57 bits per heavy atom. The maximum atomic E-state index is 12.6. The van der Waals surface area contributed by atoms with Gasteiger partial charge in [-0.1, -0.05) is 49.4 Å². The summed E-state index contributed by atoms with van der Waals surface area (Å²) in [5.74, 6) is 0.225. The number of carbonyl (C=O) groups is 2. The Labute approximate surface area is 164 Å². The molecule has 0 saturated carbocycles. The maximum absolute atomic E-state index is 12.6. The lowest BCUT2D eigenvalue weighted by molar-refractivity contribution is -0.139. The van der Waals surface area contributed by atoms with Gasteiger partial charge in [-0.2, -0.15) is 0 Å². The topological polar surface area (TPSA) is 76.7 Å². The molecule has 1 heterocycles. The van der Waals surface area contributed by atoms with Crippen LogP contribution >= 0.6 is 0 Å². The second-order valence-electron chi connectivity index (χ2n) is 6.34. The summed E-state index contributed by atoms with van der Waals surface area (Å²) in [7, 11) is 0. The minimum Gasteiger partial charge on any atom is -0.489 e. The highest BCUT2D eigenvalue weighted by Gasteiger charge is 2.33. The Kier molecular flexibility index (Phi) is 6.32. The molecule has 3 rings (SSSR count). The highest BCUT2D eigenvalue weighted by molar-refractivity contribution is 5.95. The van der Waals surface area contributed by atoms with Crippen LogP contribution in [0.15, 0.2) is 65.9 Å². The number of allylic oxidation sites excluding steroid dienone is 1. The zero-order chi connectivity index (χ0) is 19.9. The minimum atomic E-state index is -0.594. The Morgan fingerprint density at radius 2 is 1.86 bits per heavy atom.